The second kappa shape index (κ2) is 10.4. The van der Waals surface area contributed by atoms with Crippen molar-refractivity contribution >= 4 is 16.9 Å². The molecule has 0 radical (unpaired) electrons. The van der Waals surface area contributed by atoms with Crippen LogP contribution >= 0.6 is 0 Å². The summed E-state index contributed by atoms with van der Waals surface area (Å²) in [5.41, 5.74) is 6.54. The Morgan fingerprint density at radius 1 is 0.919 bits per heavy atom. The van der Waals surface area contributed by atoms with Gasteiger partial charge in [0.15, 0.2) is 11.5 Å². The van der Waals surface area contributed by atoms with Gasteiger partial charge in [-0.15, -0.1) is 0 Å². The lowest BCUT2D eigenvalue weighted by Crippen LogP contribution is -2.40. The highest BCUT2D eigenvalue weighted by atomic mass is 16.5. The minimum absolute atomic E-state index is 0.0368. The third kappa shape index (κ3) is 4.68. The quantitative estimate of drug-likeness (QED) is 0.378. The lowest BCUT2D eigenvalue weighted by Gasteiger charge is -2.27. The van der Waals surface area contributed by atoms with Crippen molar-refractivity contribution in [2.45, 2.75) is 6.92 Å². The fourth-order valence-corrected chi connectivity index (χ4v) is 4.64. The van der Waals surface area contributed by atoms with E-state index in [1.54, 1.807) is 27.5 Å². The number of hydrogen-bond donors (Lipinski definition) is 0. The van der Waals surface area contributed by atoms with Gasteiger partial charge in [0.05, 0.1) is 57.5 Å². The molecule has 1 aliphatic heterocycles. The zero-order chi connectivity index (χ0) is 25.9. The van der Waals surface area contributed by atoms with E-state index in [9.17, 15) is 4.79 Å². The Labute approximate surface area is 215 Å². The monoisotopic (exact) mass is 499 g/mol. The number of para-hydroxylation sites is 1. The molecule has 1 amide bonds. The van der Waals surface area contributed by atoms with Crippen molar-refractivity contribution in [2.75, 3.05) is 47.6 Å². The van der Waals surface area contributed by atoms with Crippen LogP contribution in [0, 0.1) is 6.92 Å². The van der Waals surface area contributed by atoms with Crippen molar-refractivity contribution in [2.24, 2.45) is 0 Å². The molecule has 190 valence electrons. The largest absolute Gasteiger partial charge is 0.493 e. The molecule has 8 heteroatoms. The van der Waals surface area contributed by atoms with Crippen LogP contribution in [0.25, 0.3) is 33.4 Å². The van der Waals surface area contributed by atoms with Gasteiger partial charge in [-0.1, -0.05) is 24.3 Å². The number of nitrogens with zero attached hydrogens (tertiary/aromatic N) is 3. The standard InChI is InChI=1S/C29H29N3O5/c1-18-14-19(8-9-21(18)29(33)32-10-12-37-13-11-32)22-6-5-7-23-27(22)31-24(17-30-23)20-15-25(34-2)28(36-4)26(16-20)35-3/h5-9,14-17H,10-13H2,1-4H3. The van der Waals surface area contributed by atoms with E-state index in [0.717, 1.165) is 33.3 Å². The third-order valence-corrected chi connectivity index (χ3v) is 6.60. The normalized spacial score (nSPS) is 13.5. The zero-order valence-corrected chi connectivity index (χ0v) is 21.4. The number of ether oxygens (including phenoxy) is 4. The number of amides is 1. The van der Waals surface area contributed by atoms with E-state index < -0.39 is 0 Å². The molecule has 3 aromatic carbocycles. The van der Waals surface area contributed by atoms with Gasteiger partial charge < -0.3 is 23.8 Å². The topological polar surface area (TPSA) is 83.0 Å². The van der Waals surface area contributed by atoms with E-state index in [1.165, 1.54) is 0 Å². The highest BCUT2D eigenvalue weighted by Crippen LogP contribution is 2.41. The summed E-state index contributed by atoms with van der Waals surface area (Å²) in [5, 5.41) is 0. The molecule has 0 saturated carbocycles. The van der Waals surface area contributed by atoms with E-state index in [1.807, 2.05) is 60.4 Å². The van der Waals surface area contributed by atoms with E-state index in [4.69, 9.17) is 23.9 Å². The summed E-state index contributed by atoms with van der Waals surface area (Å²) in [6.07, 6.45) is 1.74. The number of aromatic nitrogens is 2. The molecule has 1 aromatic heterocycles. The smallest absolute Gasteiger partial charge is 0.254 e. The van der Waals surface area contributed by atoms with E-state index in [2.05, 4.69) is 4.98 Å². The average molecular weight is 500 g/mol. The van der Waals surface area contributed by atoms with Gasteiger partial charge in [0.2, 0.25) is 5.75 Å². The number of morpholine rings is 1. The van der Waals surface area contributed by atoms with Gasteiger partial charge in [-0.05, 0) is 42.3 Å². The fourth-order valence-electron chi connectivity index (χ4n) is 4.64. The van der Waals surface area contributed by atoms with Crippen LogP contribution in [0.2, 0.25) is 0 Å². The van der Waals surface area contributed by atoms with Crippen molar-refractivity contribution in [3.63, 3.8) is 0 Å². The molecule has 1 aliphatic rings. The van der Waals surface area contributed by atoms with Crippen molar-refractivity contribution in [1.82, 2.24) is 14.9 Å². The molecule has 0 bridgehead atoms. The SMILES string of the molecule is COc1cc(-c2cnc3cccc(-c4ccc(C(=O)N5CCOCC5)c(C)c4)c3n2)cc(OC)c1OC. The van der Waals surface area contributed by atoms with Crippen molar-refractivity contribution in [3.05, 3.63) is 65.9 Å². The molecule has 0 unspecified atom stereocenters. The van der Waals surface area contributed by atoms with Crippen LogP contribution in [-0.4, -0.2) is 68.4 Å². The molecule has 0 spiro atoms. The first-order valence-corrected chi connectivity index (χ1v) is 12.1. The molecular formula is C29H29N3O5. The number of carbonyl (C=O) groups excluding carboxylic acids is 1. The number of hydrogen-bond acceptors (Lipinski definition) is 7. The Hall–Kier alpha value is -4.17. The second-order valence-electron chi connectivity index (χ2n) is 8.78. The minimum atomic E-state index is 0.0368. The van der Waals surface area contributed by atoms with Gasteiger partial charge in [0, 0.05) is 29.8 Å². The summed E-state index contributed by atoms with van der Waals surface area (Å²) in [6, 6.07) is 15.6. The summed E-state index contributed by atoms with van der Waals surface area (Å²) >= 11 is 0. The maximum Gasteiger partial charge on any atom is 0.254 e. The Bertz CT molecular complexity index is 1440. The number of fused-ring (bicyclic) bond motifs is 1. The molecule has 1 saturated heterocycles. The van der Waals surface area contributed by atoms with Crippen LogP contribution in [0.5, 0.6) is 17.2 Å². The van der Waals surface area contributed by atoms with Crippen LogP contribution in [-0.2, 0) is 4.74 Å². The molecule has 8 nitrogen and oxygen atoms in total. The van der Waals surface area contributed by atoms with Crippen LogP contribution < -0.4 is 14.2 Å². The third-order valence-electron chi connectivity index (χ3n) is 6.60. The zero-order valence-electron chi connectivity index (χ0n) is 21.4. The molecule has 0 N–H and O–H groups in total. The first-order chi connectivity index (χ1) is 18.0. The van der Waals surface area contributed by atoms with Gasteiger partial charge >= 0.3 is 0 Å². The van der Waals surface area contributed by atoms with Crippen LogP contribution in [0.4, 0.5) is 0 Å². The van der Waals surface area contributed by atoms with E-state index in [-0.39, 0.29) is 5.91 Å². The van der Waals surface area contributed by atoms with Gasteiger partial charge in [-0.3, -0.25) is 9.78 Å². The average Bonchev–Trinajstić information content (AvgIpc) is 2.95. The predicted octanol–water partition coefficient (Wildman–Crippen LogP) is 4.77. The Morgan fingerprint density at radius 3 is 2.30 bits per heavy atom. The summed E-state index contributed by atoms with van der Waals surface area (Å²) in [6.45, 7) is 4.35. The molecule has 2 heterocycles. The molecule has 0 aliphatic carbocycles. The molecule has 5 rings (SSSR count). The fraction of sp³-hybridized carbons (Fsp3) is 0.276. The summed E-state index contributed by atoms with van der Waals surface area (Å²) in [4.78, 5) is 24.6. The van der Waals surface area contributed by atoms with E-state index in [0.29, 0.717) is 54.8 Å². The van der Waals surface area contributed by atoms with Gasteiger partial charge in [0.1, 0.15) is 0 Å². The van der Waals surface area contributed by atoms with Crippen LogP contribution in [0.3, 0.4) is 0 Å². The minimum Gasteiger partial charge on any atom is -0.493 e. The Balaban J connectivity index is 1.56. The lowest BCUT2D eigenvalue weighted by atomic mass is 9.98. The first-order valence-electron chi connectivity index (χ1n) is 12.1. The molecular weight excluding hydrogens is 470 g/mol. The van der Waals surface area contributed by atoms with Gasteiger partial charge in [-0.25, -0.2) is 4.98 Å². The Morgan fingerprint density at radius 2 is 1.65 bits per heavy atom. The van der Waals surface area contributed by atoms with Crippen molar-refractivity contribution < 1.29 is 23.7 Å². The summed E-state index contributed by atoms with van der Waals surface area (Å²) in [5.74, 6) is 1.64. The number of rotatable bonds is 6. The molecule has 1 fully saturated rings. The van der Waals surface area contributed by atoms with Crippen LogP contribution in [0.15, 0.2) is 54.7 Å². The number of carbonyl (C=O) groups is 1. The molecule has 0 atom stereocenters. The van der Waals surface area contributed by atoms with Crippen LogP contribution in [0.1, 0.15) is 15.9 Å². The van der Waals surface area contributed by atoms with Crippen molar-refractivity contribution in [1.29, 1.82) is 0 Å². The number of benzene rings is 3. The Kier molecular flexibility index (Phi) is 6.92. The summed E-state index contributed by atoms with van der Waals surface area (Å²) < 4.78 is 21.9. The summed E-state index contributed by atoms with van der Waals surface area (Å²) in [7, 11) is 4.74. The molecule has 37 heavy (non-hydrogen) atoms. The second-order valence-corrected chi connectivity index (χ2v) is 8.78. The van der Waals surface area contributed by atoms with E-state index >= 15 is 0 Å². The highest BCUT2D eigenvalue weighted by molar-refractivity contribution is 5.98. The first kappa shape index (κ1) is 24.5. The number of methoxy groups -OCH3 is 3. The molecule has 4 aromatic rings. The van der Waals surface area contributed by atoms with Gasteiger partial charge in [-0.2, -0.15) is 0 Å². The predicted molar refractivity (Wildman–Crippen MR) is 142 cm³/mol. The highest BCUT2D eigenvalue weighted by Gasteiger charge is 2.21. The maximum atomic E-state index is 13.1. The van der Waals surface area contributed by atoms with Gasteiger partial charge in [0.25, 0.3) is 5.91 Å². The maximum absolute atomic E-state index is 13.1. The lowest BCUT2D eigenvalue weighted by molar-refractivity contribution is 0.0302. The van der Waals surface area contributed by atoms with Crippen molar-refractivity contribution in [3.8, 4) is 39.6 Å². The number of aryl methyl sites for hydroxylation is 1.